The van der Waals surface area contributed by atoms with Gasteiger partial charge in [-0.1, -0.05) is 20.8 Å². The molecule has 2 unspecified atom stereocenters. The van der Waals surface area contributed by atoms with E-state index in [2.05, 4.69) is 5.48 Å². The van der Waals surface area contributed by atoms with Crippen LogP contribution in [0.2, 0.25) is 0 Å². The maximum absolute atomic E-state index is 10.5. The second kappa shape index (κ2) is 5.94. The van der Waals surface area contributed by atoms with Gasteiger partial charge in [-0.05, 0) is 12.8 Å². The lowest BCUT2D eigenvalue weighted by Gasteiger charge is -2.17. The molecule has 0 amide bonds. The number of nitrogens with one attached hydrogen (secondary N) is 1. The van der Waals surface area contributed by atoms with Crippen molar-refractivity contribution in [3.05, 3.63) is 0 Å². The predicted octanol–water partition coefficient (Wildman–Crippen LogP) is 1.27. The van der Waals surface area contributed by atoms with Gasteiger partial charge in [-0.25, -0.2) is 0 Å². The van der Waals surface area contributed by atoms with E-state index in [1.807, 2.05) is 13.8 Å². The normalized spacial score (nSPS) is 15.8. The van der Waals surface area contributed by atoms with Crippen molar-refractivity contribution in [2.45, 2.75) is 33.7 Å². The maximum Gasteiger partial charge on any atom is 0.307 e. The average molecular weight is 189 g/mol. The van der Waals surface area contributed by atoms with E-state index in [-0.39, 0.29) is 6.04 Å². The zero-order valence-corrected chi connectivity index (χ0v) is 8.70. The highest BCUT2D eigenvalue weighted by molar-refractivity contribution is 5.70. The monoisotopic (exact) mass is 189 g/mol. The number of hydroxylamine groups is 1. The van der Waals surface area contributed by atoms with Crippen molar-refractivity contribution >= 4 is 5.97 Å². The summed E-state index contributed by atoms with van der Waals surface area (Å²) in [6.07, 6.45) is 0. The van der Waals surface area contributed by atoms with Crippen molar-refractivity contribution in [2.24, 2.45) is 11.8 Å². The molecule has 0 aromatic rings. The van der Waals surface area contributed by atoms with Crippen LogP contribution in [0, 0.1) is 11.8 Å². The minimum atomic E-state index is -0.812. The molecule has 0 aliphatic heterocycles. The lowest BCUT2D eigenvalue weighted by molar-refractivity contribution is -0.143. The van der Waals surface area contributed by atoms with Gasteiger partial charge in [-0.15, -0.1) is 0 Å². The number of rotatable bonds is 6. The number of hydrogen-bond acceptors (Lipinski definition) is 3. The van der Waals surface area contributed by atoms with Crippen LogP contribution >= 0.6 is 0 Å². The van der Waals surface area contributed by atoms with E-state index in [1.165, 1.54) is 0 Å². The van der Waals surface area contributed by atoms with Crippen LogP contribution in [0.3, 0.4) is 0 Å². The van der Waals surface area contributed by atoms with E-state index in [1.54, 1.807) is 13.8 Å². The highest BCUT2D eigenvalue weighted by Gasteiger charge is 2.18. The summed E-state index contributed by atoms with van der Waals surface area (Å²) >= 11 is 0. The number of carbonyl (C=O) groups is 1. The Morgan fingerprint density at radius 3 is 2.31 bits per heavy atom. The Morgan fingerprint density at radius 1 is 1.38 bits per heavy atom. The van der Waals surface area contributed by atoms with E-state index in [0.717, 1.165) is 0 Å². The molecule has 0 aliphatic carbocycles. The van der Waals surface area contributed by atoms with E-state index in [4.69, 9.17) is 9.94 Å². The topological polar surface area (TPSA) is 58.6 Å². The molecule has 0 aliphatic rings. The van der Waals surface area contributed by atoms with Gasteiger partial charge in [0.1, 0.15) is 0 Å². The largest absolute Gasteiger partial charge is 0.481 e. The number of aliphatic carboxylic acids is 1. The Morgan fingerprint density at radius 2 is 1.92 bits per heavy atom. The van der Waals surface area contributed by atoms with Crippen LogP contribution in [0.15, 0.2) is 0 Å². The van der Waals surface area contributed by atoms with Gasteiger partial charge in [0, 0.05) is 6.04 Å². The predicted molar refractivity (Wildman–Crippen MR) is 50.2 cm³/mol. The van der Waals surface area contributed by atoms with Crippen molar-refractivity contribution < 1.29 is 14.7 Å². The highest BCUT2D eigenvalue weighted by atomic mass is 16.6. The third-order valence-electron chi connectivity index (χ3n) is 1.83. The molecular weight excluding hydrogens is 170 g/mol. The molecule has 0 radical (unpaired) electrons. The van der Waals surface area contributed by atoms with Crippen LogP contribution in [0.25, 0.3) is 0 Å². The standard InChI is InChI=1S/C9H19NO3/c1-6(2)5-13-10-8(4)7(3)9(11)12/h6-8,10H,5H2,1-4H3,(H,11,12). The molecule has 4 heteroatoms. The summed E-state index contributed by atoms with van der Waals surface area (Å²) in [5.74, 6) is -0.805. The first-order valence-electron chi connectivity index (χ1n) is 4.55. The molecule has 0 saturated carbocycles. The molecule has 2 N–H and O–H groups in total. The van der Waals surface area contributed by atoms with Crippen LogP contribution < -0.4 is 5.48 Å². The molecule has 13 heavy (non-hydrogen) atoms. The van der Waals surface area contributed by atoms with Crippen molar-refractivity contribution in [2.75, 3.05) is 6.61 Å². The fourth-order valence-electron chi connectivity index (χ4n) is 0.662. The summed E-state index contributed by atoms with van der Waals surface area (Å²) < 4.78 is 0. The van der Waals surface area contributed by atoms with E-state index in [0.29, 0.717) is 12.5 Å². The Kier molecular flexibility index (Phi) is 5.66. The Hall–Kier alpha value is -0.610. The zero-order valence-electron chi connectivity index (χ0n) is 8.70. The minimum absolute atomic E-state index is 0.170. The molecule has 0 saturated heterocycles. The quantitative estimate of drug-likeness (QED) is 0.618. The first-order valence-corrected chi connectivity index (χ1v) is 4.55. The van der Waals surface area contributed by atoms with Crippen LogP contribution in [0.4, 0.5) is 0 Å². The Bertz CT molecular complexity index is 159. The molecule has 0 fully saturated rings. The Labute approximate surface area is 79.2 Å². The van der Waals surface area contributed by atoms with Gasteiger partial charge in [0.15, 0.2) is 0 Å². The summed E-state index contributed by atoms with van der Waals surface area (Å²) in [4.78, 5) is 15.7. The van der Waals surface area contributed by atoms with Gasteiger partial charge in [-0.3, -0.25) is 4.79 Å². The summed E-state index contributed by atoms with van der Waals surface area (Å²) in [6, 6.07) is -0.170. The van der Waals surface area contributed by atoms with Gasteiger partial charge >= 0.3 is 5.97 Å². The summed E-state index contributed by atoms with van der Waals surface area (Å²) in [5.41, 5.74) is 2.71. The summed E-state index contributed by atoms with van der Waals surface area (Å²) in [7, 11) is 0. The molecule has 0 rings (SSSR count). The number of hydrogen-bond donors (Lipinski definition) is 2. The van der Waals surface area contributed by atoms with Crippen LogP contribution in [-0.2, 0) is 9.63 Å². The lowest BCUT2D eigenvalue weighted by Crippen LogP contribution is -2.36. The van der Waals surface area contributed by atoms with Gasteiger partial charge < -0.3 is 9.94 Å². The zero-order chi connectivity index (χ0) is 10.4. The molecule has 0 spiro atoms. The fourth-order valence-corrected chi connectivity index (χ4v) is 0.662. The van der Waals surface area contributed by atoms with Crippen molar-refractivity contribution in [3.63, 3.8) is 0 Å². The van der Waals surface area contributed by atoms with Gasteiger partial charge in [0.25, 0.3) is 0 Å². The summed E-state index contributed by atoms with van der Waals surface area (Å²) in [6.45, 7) is 8.11. The van der Waals surface area contributed by atoms with Crippen molar-refractivity contribution in [1.82, 2.24) is 5.48 Å². The first kappa shape index (κ1) is 12.4. The highest BCUT2D eigenvalue weighted by Crippen LogP contribution is 2.02. The number of carboxylic acid groups (broad SMARTS) is 1. The van der Waals surface area contributed by atoms with Gasteiger partial charge in [0.05, 0.1) is 12.5 Å². The fraction of sp³-hybridized carbons (Fsp3) is 0.889. The van der Waals surface area contributed by atoms with Crippen LogP contribution in [-0.4, -0.2) is 23.7 Å². The van der Waals surface area contributed by atoms with Crippen LogP contribution in [0.1, 0.15) is 27.7 Å². The smallest absolute Gasteiger partial charge is 0.307 e. The number of carboxylic acids is 1. The molecule has 78 valence electrons. The average Bonchev–Trinajstić information content (AvgIpc) is 2.02. The third kappa shape index (κ3) is 5.60. The van der Waals surface area contributed by atoms with E-state index >= 15 is 0 Å². The molecule has 0 aromatic carbocycles. The van der Waals surface area contributed by atoms with Gasteiger partial charge in [0.2, 0.25) is 0 Å². The van der Waals surface area contributed by atoms with Crippen molar-refractivity contribution in [3.8, 4) is 0 Å². The van der Waals surface area contributed by atoms with E-state index < -0.39 is 11.9 Å². The van der Waals surface area contributed by atoms with Crippen LogP contribution in [0.5, 0.6) is 0 Å². The van der Waals surface area contributed by atoms with E-state index in [9.17, 15) is 4.79 Å². The molecule has 0 aromatic heterocycles. The second-order valence-corrected chi connectivity index (χ2v) is 3.74. The SMILES string of the molecule is CC(C)CONC(C)C(C)C(=O)O. The molecule has 0 heterocycles. The molecule has 0 bridgehead atoms. The third-order valence-corrected chi connectivity index (χ3v) is 1.83. The van der Waals surface area contributed by atoms with Crippen molar-refractivity contribution in [1.29, 1.82) is 0 Å². The second-order valence-electron chi connectivity index (χ2n) is 3.74. The lowest BCUT2D eigenvalue weighted by atomic mass is 10.1. The molecule has 2 atom stereocenters. The minimum Gasteiger partial charge on any atom is -0.481 e. The maximum atomic E-state index is 10.5. The van der Waals surface area contributed by atoms with Gasteiger partial charge in [-0.2, -0.15) is 5.48 Å². The summed E-state index contributed by atoms with van der Waals surface area (Å²) in [5, 5.41) is 8.67. The molecule has 4 nitrogen and oxygen atoms in total. The molecular formula is C9H19NO3. The Balaban J connectivity index is 3.61. The first-order chi connectivity index (χ1) is 5.95.